The Morgan fingerprint density at radius 2 is 1.96 bits per heavy atom. The molecule has 2 aromatic carbocycles. The summed E-state index contributed by atoms with van der Waals surface area (Å²) >= 11 is 3.48. The number of amides is 1. The van der Waals surface area contributed by atoms with Crippen LogP contribution in [0.2, 0.25) is 0 Å². The minimum absolute atomic E-state index is 0.0747. The molecular formula is C20H20BrN3O2. The molecule has 4 rings (SSSR count). The van der Waals surface area contributed by atoms with Gasteiger partial charge in [-0.3, -0.25) is 4.79 Å². The third kappa shape index (κ3) is 3.39. The molecule has 1 spiro atoms. The van der Waals surface area contributed by atoms with Crippen LogP contribution in [0, 0.1) is 6.92 Å². The maximum atomic E-state index is 12.7. The lowest BCUT2D eigenvalue weighted by molar-refractivity contribution is -0.0849. The second kappa shape index (κ2) is 6.85. The fourth-order valence-corrected chi connectivity index (χ4v) is 3.78. The van der Waals surface area contributed by atoms with Crippen LogP contribution in [0.25, 0.3) is 0 Å². The van der Waals surface area contributed by atoms with Crippen molar-refractivity contribution in [3.8, 4) is 0 Å². The Morgan fingerprint density at radius 1 is 1.19 bits per heavy atom. The molecule has 5 nitrogen and oxygen atoms in total. The third-order valence-corrected chi connectivity index (χ3v) is 5.34. The van der Waals surface area contributed by atoms with Crippen LogP contribution >= 0.6 is 15.9 Å². The first kappa shape index (κ1) is 17.2. The molecule has 2 aliphatic rings. The number of hydroxylamine groups is 1. The molecule has 0 atom stereocenters. The molecule has 1 saturated heterocycles. The molecule has 0 saturated carbocycles. The molecule has 1 amide bonds. The average molecular weight is 414 g/mol. The molecule has 134 valence electrons. The van der Waals surface area contributed by atoms with Gasteiger partial charge in [0.25, 0.3) is 5.91 Å². The summed E-state index contributed by atoms with van der Waals surface area (Å²) in [7, 11) is 0. The van der Waals surface area contributed by atoms with Crippen LogP contribution < -0.4 is 5.48 Å². The van der Waals surface area contributed by atoms with E-state index in [1.54, 1.807) is 0 Å². The third-order valence-electron chi connectivity index (χ3n) is 4.85. The normalized spacial score (nSPS) is 18.5. The number of aryl methyl sites for hydroxylation is 1. The predicted octanol–water partition coefficient (Wildman–Crippen LogP) is 3.67. The number of likely N-dealkylation sites (tertiary alicyclic amines) is 1. The lowest BCUT2D eigenvalue weighted by Crippen LogP contribution is -2.46. The Kier molecular flexibility index (Phi) is 4.54. The second-order valence-electron chi connectivity index (χ2n) is 6.78. The molecule has 0 bridgehead atoms. The first-order valence-electron chi connectivity index (χ1n) is 8.70. The summed E-state index contributed by atoms with van der Waals surface area (Å²) < 4.78 is 0.999. The number of aliphatic imine (C=N–C) groups is 1. The first-order valence-corrected chi connectivity index (χ1v) is 9.50. The van der Waals surface area contributed by atoms with Crippen molar-refractivity contribution in [3.63, 3.8) is 0 Å². The molecule has 2 aliphatic heterocycles. The van der Waals surface area contributed by atoms with Crippen LogP contribution in [-0.4, -0.2) is 35.5 Å². The number of benzene rings is 2. The highest BCUT2D eigenvalue weighted by Crippen LogP contribution is 2.32. The van der Waals surface area contributed by atoms with Crippen LogP contribution in [0.4, 0.5) is 0 Å². The van der Waals surface area contributed by atoms with Crippen LogP contribution in [0.3, 0.4) is 0 Å². The number of hydrogen-bond donors (Lipinski definition) is 1. The number of nitrogens with one attached hydrogen (secondary N) is 1. The van der Waals surface area contributed by atoms with E-state index in [0.29, 0.717) is 25.9 Å². The van der Waals surface area contributed by atoms with Crippen molar-refractivity contribution in [2.45, 2.75) is 25.5 Å². The van der Waals surface area contributed by atoms with Crippen LogP contribution in [0.1, 0.15) is 34.3 Å². The highest BCUT2D eigenvalue weighted by molar-refractivity contribution is 9.10. The number of rotatable bonds is 2. The number of nitrogens with zero attached hydrogens (tertiary/aromatic N) is 2. The van der Waals surface area contributed by atoms with Gasteiger partial charge in [-0.05, 0) is 31.2 Å². The minimum atomic E-state index is -0.582. The fraction of sp³-hybridized carbons (Fsp3) is 0.300. The zero-order chi connectivity index (χ0) is 18.1. The Hall–Kier alpha value is -2.18. The van der Waals surface area contributed by atoms with Gasteiger partial charge in [0, 0.05) is 41.5 Å². The predicted molar refractivity (Wildman–Crippen MR) is 104 cm³/mol. The molecule has 0 aliphatic carbocycles. The Bertz CT molecular complexity index is 873. The molecule has 0 aromatic heterocycles. The standard InChI is InChI=1S/C20H20BrN3O2/c1-14-4-2-6-16(12-14)19(25)24-10-8-20(9-11-24)22-18(23-26-20)15-5-3-7-17(21)13-15/h2-7,12-13H,8-11H2,1H3,(H,22,23). The van der Waals surface area contributed by atoms with E-state index >= 15 is 0 Å². The summed E-state index contributed by atoms with van der Waals surface area (Å²) in [5.74, 6) is 0.815. The van der Waals surface area contributed by atoms with E-state index in [2.05, 4.69) is 21.4 Å². The number of halogens is 1. The number of amidine groups is 1. The van der Waals surface area contributed by atoms with E-state index in [4.69, 9.17) is 9.83 Å². The van der Waals surface area contributed by atoms with Gasteiger partial charge < -0.3 is 4.90 Å². The summed E-state index contributed by atoms with van der Waals surface area (Å²) in [6.07, 6.45) is 1.35. The molecule has 6 heteroatoms. The lowest BCUT2D eigenvalue weighted by atomic mass is 10.00. The van der Waals surface area contributed by atoms with E-state index in [-0.39, 0.29) is 5.91 Å². The summed E-state index contributed by atoms with van der Waals surface area (Å²) in [5.41, 5.74) is 5.20. The van der Waals surface area contributed by atoms with Gasteiger partial charge in [0.2, 0.25) is 0 Å². The Labute approximate surface area is 161 Å². The Morgan fingerprint density at radius 3 is 2.69 bits per heavy atom. The largest absolute Gasteiger partial charge is 0.338 e. The molecular weight excluding hydrogens is 394 g/mol. The summed E-state index contributed by atoms with van der Waals surface area (Å²) in [5, 5.41) is 0. The van der Waals surface area contributed by atoms with Gasteiger partial charge in [-0.15, -0.1) is 0 Å². The maximum absolute atomic E-state index is 12.7. The van der Waals surface area contributed by atoms with E-state index in [9.17, 15) is 4.79 Å². The Balaban J connectivity index is 1.46. The number of piperidine rings is 1. The molecule has 1 N–H and O–H groups in total. The molecule has 0 radical (unpaired) electrons. The van der Waals surface area contributed by atoms with Crippen molar-refractivity contribution in [1.29, 1.82) is 0 Å². The monoisotopic (exact) mass is 413 g/mol. The smallest absolute Gasteiger partial charge is 0.253 e. The van der Waals surface area contributed by atoms with Gasteiger partial charge in [0.1, 0.15) is 0 Å². The first-order chi connectivity index (χ1) is 12.5. The maximum Gasteiger partial charge on any atom is 0.253 e. The second-order valence-corrected chi connectivity index (χ2v) is 7.70. The zero-order valence-corrected chi connectivity index (χ0v) is 16.1. The van der Waals surface area contributed by atoms with Crippen LogP contribution in [0.15, 0.2) is 58.0 Å². The van der Waals surface area contributed by atoms with Gasteiger partial charge in [0.05, 0.1) is 0 Å². The highest BCUT2D eigenvalue weighted by Gasteiger charge is 2.41. The molecule has 2 aromatic rings. The lowest BCUT2D eigenvalue weighted by Gasteiger charge is -2.35. The summed E-state index contributed by atoms with van der Waals surface area (Å²) in [6, 6.07) is 15.7. The quantitative estimate of drug-likeness (QED) is 0.816. The topological polar surface area (TPSA) is 53.9 Å². The van der Waals surface area contributed by atoms with Crippen molar-refractivity contribution in [3.05, 3.63) is 69.7 Å². The van der Waals surface area contributed by atoms with Crippen molar-refractivity contribution in [2.75, 3.05) is 13.1 Å². The zero-order valence-electron chi connectivity index (χ0n) is 14.5. The van der Waals surface area contributed by atoms with Crippen molar-refractivity contribution in [1.82, 2.24) is 10.4 Å². The molecule has 26 heavy (non-hydrogen) atoms. The SMILES string of the molecule is Cc1cccc(C(=O)N2CCC3(CC2)N=C(c2cccc(Br)c2)NO3)c1. The van der Waals surface area contributed by atoms with E-state index in [1.165, 1.54) is 0 Å². The number of carbonyl (C=O) groups excluding carboxylic acids is 1. The van der Waals surface area contributed by atoms with Crippen molar-refractivity contribution >= 4 is 27.7 Å². The van der Waals surface area contributed by atoms with Crippen LogP contribution in [0.5, 0.6) is 0 Å². The molecule has 2 heterocycles. The van der Waals surface area contributed by atoms with E-state index in [1.807, 2.05) is 60.4 Å². The number of carbonyl (C=O) groups is 1. The van der Waals surface area contributed by atoms with Crippen molar-refractivity contribution in [2.24, 2.45) is 4.99 Å². The minimum Gasteiger partial charge on any atom is -0.338 e. The average Bonchev–Trinajstić information content (AvgIpc) is 3.06. The van der Waals surface area contributed by atoms with Crippen LogP contribution in [-0.2, 0) is 4.84 Å². The summed E-state index contributed by atoms with van der Waals surface area (Å²) in [4.78, 5) is 25.2. The van der Waals surface area contributed by atoms with Gasteiger partial charge >= 0.3 is 0 Å². The van der Waals surface area contributed by atoms with Gasteiger partial charge in [0.15, 0.2) is 11.6 Å². The van der Waals surface area contributed by atoms with Gasteiger partial charge in [-0.2, -0.15) is 0 Å². The molecule has 0 unspecified atom stereocenters. The highest BCUT2D eigenvalue weighted by atomic mass is 79.9. The van der Waals surface area contributed by atoms with E-state index in [0.717, 1.165) is 27.0 Å². The van der Waals surface area contributed by atoms with E-state index < -0.39 is 5.72 Å². The van der Waals surface area contributed by atoms with Crippen molar-refractivity contribution < 1.29 is 9.63 Å². The molecule has 1 fully saturated rings. The van der Waals surface area contributed by atoms with Gasteiger partial charge in [-0.1, -0.05) is 45.8 Å². The summed E-state index contributed by atoms with van der Waals surface area (Å²) in [6.45, 7) is 3.26. The fourth-order valence-electron chi connectivity index (χ4n) is 3.39. The van der Waals surface area contributed by atoms with Gasteiger partial charge in [-0.25, -0.2) is 15.3 Å². The number of hydrogen-bond acceptors (Lipinski definition) is 4.